The molecule has 208 valence electrons. The number of anilines is 3. The van der Waals surface area contributed by atoms with Crippen LogP contribution < -0.4 is 25.2 Å². The number of aromatic nitrogens is 2. The molecule has 1 aromatic heterocycles. The first-order valence-electron chi connectivity index (χ1n) is 12.9. The highest BCUT2D eigenvalue weighted by atomic mass is 16.5. The monoisotopic (exact) mass is 549 g/mol. The molecule has 10 nitrogen and oxygen atoms in total. The number of nitrogens with one attached hydrogen (secondary N) is 2. The number of rotatable bonds is 9. The van der Waals surface area contributed by atoms with Crippen LogP contribution >= 0.6 is 0 Å². The molecule has 2 N–H and O–H groups in total. The maximum atomic E-state index is 14.0. The predicted molar refractivity (Wildman–Crippen MR) is 158 cm³/mol. The Morgan fingerprint density at radius 1 is 1.27 bits per heavy atom. The lowest BCUT2D eigenvalue weighted by atomic mass is 10.1. The van der Waals surface area contributed by atoms with Crippen molar-refractivity contribution in [2.24, 2.45) is 0 Å². The molecule has 2 aromatic carbocycles. The van der Waals surface area contributed by atoms with E-state index < -0.39 is 0 Å². The number of urea groups is 1. The van der Waals surface area contributed by atoms with Crippen molar-refractivity contribution in [2.75, 3.05) is 22.2 Å². The fourth-order valence-electron chi connectivity index (χ4n) is 4.39. The molecule has 0 atom stereocenters. The lowest BCUT2D eigenvalue weighted by molar-refractivity contribution is -0.115. The first-order chi connectivity index (χ1) is 19.8. The summed E-state index contributed by atoms with van der Waals surface area (Å²) in [6.45, 7) is 9.50. The zero-order valence-corrected chi connectivity index (χ0v) is 23.4. The van der Waals surface area contributed by atoms with Gasteiger partial charge in [-0.15, -0.1) is 0 Å². The number of carbonyl (C=O) groups excluding carboxylic acids is 2. The molecule has 10 heteroatoms. The average Bonchev–Trinajstić information content (AvgIpc) is 2.97. The third-order valence-electron chi connectivity index (χ3n) is 6.35. The molecule has 2 heterocycles. The number of fused-ring (bicyclic) bond motifs is 1. The van der Waals surface area contributed by atoms with Crippen molar-refractivity contribution in [2.45, 2.75) is 33.9 Å². The largest absolute Gasteiger partial charge is 0.497 e. The SMILES string of the molecule is C=CC(=O)NC(/C=C\C)=C(/C)Nc1ncc2c(n1)N(Cc1cccc(C#N)c1)C(=O)N(c1cc(C)cc(OC)c1)C2. The van der Waals surface area contributed by atoms with E-state index >= 15 is 0 Å². The summed E-state index contributed by atoms with van der Waals surface area (Å²) in [5.74, 6) is 0.992. The van der Waals surface area contributed by atoms with Crippen LogP contribution in [0.2, 0.25) is 0 Å². The third kappa shape index (κ3) is 6.59. The van der Waals surface area contributed by atoms with Gasteiger partial charge in [-0.1, -0.05) is 24.8 Å². The van der Waals surface area contributed by atoms with Crippen molar-refractivity contribution in [3.05, 3.63) is 107 Å². The second-order valence-electron chi connectivity index (χ2n) is 9.37. The van der Waals surface area contributed by atoms with Crippen LogP contribution in [0.5, 0.6) is 5.75 Å². The van der Waals surface area contributed by atoms with Crippen molar-refractivity contribution >= 4 is 29.4 Å². The van der Waals surface area contributed by atoms with E-state index in [2.05, 4.69) is 28.3 Å². The fourth-order valence-corrected chi connectivity index (χ4v) is 4.39. The number of methoxy groups -OCH3 is 1. The maximum Gasteiger partial charge on any atom is 0.330 e. The highest BCUT2D eigenvalue weighted by Crippen LogP contribution is 2.34. The molecular formula is C31H31N7O3. The van der Waals surface area contributed by atoms with Gasteiger partial charge in [0.1, 0.15) is 11.6 Å². The van der Waals surface area contributed by atoms with Crippen molar-refractivity contribution < 1.29 is 14.3 Å². The maximum absolute atomic E-state index is 14.0. The van der Waals surface area contributed by atoms with Crippen molar-refractivity contribution in [1.82, 2.24) is 15.3 Å². The van der Waals surface area contributed by atoms with Crippen LogP contribution in [-0.2, 0) is 17.9 Å². The standard InChI is InChI=1S/C31H31N7O3/c1-6-9-27(35-28(39)7-2)21(4)34-30-33-17-24-19-37(25-12-20(3)13-26(15-25)41-5)31(40)38(29(24)36-30)18-23-11-8-10-22(14-23)16-32/h6-15,17H,2,18-19H2,1,3-5H3,(H,35,39)(H,33,34,36)/b9-6-,27-21-. The van der Waals surface area contributed by atoms with E-state index in [1.54, 1.807) is 60.4 Å². The molecule has 4 rings (SSSR count). The summed E-state index contributed by atoms with van der Waals surface area (Å²) in [7, 11) is 1.59. The third-order valence-corrected chi connectivity index (χ3v) is 6.35. The zero-order chi connectivity index (χ0) is 29.5. The Bertz CT molecular complexity index is 1600. The Morgan fingerprint density at radius 2 is 2.07 bits per heavy atom. The van der Waals surface area contributed by atoms with Crippen LogP contribution in [0.15, 0.2) is 84.9 Å². The number of carbonyl (C=O) groups is 2. The van der Waals surface area contributed by atoms with Crippen LogP contribution in [0.3, 0.4) is 0 Å². The molecule has 0 unspecified atom stereocenters. The van der Waals surface area contributed by atoms with Crippen molar-refractivity contribution in [1.29, 1.82) is 5.26 Å². The Labute approximate surface area is 239 Å². The van der Waals surface area contributed by atoms with Crippen LogP contribution in [0, 0.1) is 18.3 Å². The second kappa shape index (κ2) is 12.6. The van der Waals surface area contributed by atoms with Gasteiger partial charge in [0.05, 0.1) is 37.5 Å². The number of benzene rings is 2. The lowest BCUT2D eigenvalue weighted by Crippen LogP contribution is -2.47. The van der Waals surface area contributed by atoms with E-state index in [1.807, 2.05) is 38.1 Å². The molecule has 0 fully saturated rings. The second-order valence-corrected chi connectivity index (χ2v) is 9.37. The minimum Gasteiger partial charge on any atom is -0.497 e. The lowest BCUT2D eigenvalue weighted by Gasteiger charge is -2.36. The summed E-state index contributed by atoms with van der Waals surface area (Å²) in [4.78, 5) is 38.4. The molecule has 41 heavy (non-hydrogen) atoms. The van der Waals surface area contributed by atoms with E-state index in [-0.39, 0.29) is 31.0 Å². The van der Waals surface area contributed by atoms with Crippen LogP contribution in [0.1, 0.15) is 36.1 Å². The van der Waals surface area contributed by atoms with E-state index in [9.17, 15) is 14.9 Å². The van der Waals surface area contributed by atoms with Crippen molar-refractivity contribution in [3.8, 4) is 11.8 Å². The Balaban J connectivity index is 1.77. The molecule has 0 saturated heterocycles. The molecule has 0 saturated carbocycles. The molecule has 0 radical (unpaired) electrons. The topological polar surface area (TPSA) is 123 Å². The number of nitriles is 1. The molecule has 1 aliphatic rings. The summed E-state index contributed by atoms with van der Waals surface area (Å²) in [5.41, 5.74) is 4.77. The predicted octanol–water partition coefficient (Wildman–Crippen LogP) is 5.33. The van der Waals surface area contributed by atoms with E-state index in [0.717, 1.165) is 16.7 Å². The summed E-state index contributed by atoms with van der Waals surface area (Å²) < 4.78 is 5.44. The zero-order valence-electron chi connectivity index (χ0n) is 23.4. The number of aryl methyl sites for hydroxylation is 1. The number of nitrogens with zero attached hydrogens (tertiary/aromatic N) is 5. The van der Waals surface area contributed by atoms with E-state index in [4.69, 9.17) is 9.72 Å². The number of ether oxygens (including phenoxy) is 1. The van der Waals surface area contributed by atoms with Crippen molar-refractivity contribution in [3.63, 3.8) is 0 Å². The number of amides is 3. The van der Waals surface area contributed by atoms with Gasteiger partial charge in [0.25, 0.3) is 0 Å². The molecular weight excluding hydrogens is 518 g/mol. The number of allylic oxidation sites excluding steroid dienone is 3. The number of hydrogen-bond donors (Lipinski definition) is 2. The summed E-state index contributed by atoms with van der Waals surface area (Å²) in [6, 6.07) is 14.6. The van der Waals surface area contributed by atoms with E-state index in [1.165, 1.54) is 6.08 Å². The molecule has 1 aliphatic heterocycles. The first-order valence-corrected chi connectivity index (χ1v) is 12.9. The first kappa shape index (κ1) is 28.6. The van der Waals surface area contributed by atoms with Gasteiger partial charge in [-0.2, -0.15) is 10.2 Å². The normalized spacial score (nSPS) is 13.3. The molecule has 0 aliphatic carbocycles. The fraction of sp³-hybridized carbons (Fsp3) is 0.194. The summed E-state index contributed by atoms with van der Waals surface area (Å²) in [6.07, 6.45) is 6.41. The highest BCUT2D eigenvalue weighted by Gasteiger charge is 2.33. The van der Waals surface area contributed by atoms with Gasteiger partial charge in [0, 0.05) is 29.2 Å². The van der Waals surface area contributed by atoms with Crippen LogP contribution in [0.25, 0.3) is 0 Å². The summed E-state index contributed by atoms with van der Waals surface area (Å²) >= 11 is 0. The van der Waals surface area contributed by atoms with Gasteiger partial charge < -0.3 is 15.4 Å². The molecule has 0 bridgehead atoms. The number of hydrogen-bond acceptors (Lipinski definition) is 7. The van der Waals surface area contributed by atoms with Gasteiger partial charge in [-0.25, -0.2) is 9.78 Å². The molecule has 3 aromatic rings. The minimum atomic E-state index is -0.352. The highest BCUT2D eigenvalue weighted by molar-refractivity contribution is 6.05. The van der Waals surface area contributed by atoms with Crippen LogP contribution in [0.4, 0.5) is 22.2 Å². The molecule has 3 amide bonds. The Kier molecular flexibility index (Phi) is 8.79. The summed E-state index contributed by atoms with van der Waals surface area (Å²) in [5, 5.41) is 15.3. The Morgan fingerprint density at radius 3 is 2.78 bits per heavy atom. The van der Waals surface area contributed by atoms with Gasteiger partial charge in [0.2, 0.25) is 11.9 Å². The van der Waals surface area contributed by atoms with Gasteiger partial charge in [0.15, 0.2) is 0 Å². The van der Waals surface area contributed by atoms with E-state index in [0.29, 0.717) is 34.2 Å². The van der Waals surface area contributed by atoms with Gasteiger partial charge >= 0.3 is 6.03 Å². The smallest absolute Gasteiger partial charge is 0.330 e. The Hall–Kier alpha value is -5.43. The van der Waals surface area contributed by atoms with Gasteiger partial charge in [-0.05, 0) is 68.3 Å². The van der Waals surface area contributed by atoms with Gasteiger partial charge in [-0.3, -0.25) is 14.6 Å². The minimum absolute atomic E-state index is 0.186. The average molecular weight is 550 g/mol. The quantitative estimate of drug-likeness (QED) is 0.273. The molecule has 0 spiro atoms. The van der Waals surface area contributed by atoms with Crippen LogP contribution in [-0.4, -0.2) is 29.0 Å².